The van der Waals surface area contributed by atoms with Gasteiger partial charge in [-0.3, -0.25) is 19.8 Å². The van der Waals surface area contributed by atoms with Gasteiger partial charge in [0.25, 0.3) is 0 Å². The third kappa shape index (κ3) is 3.27. The van der Waals surface area contributed by atoms with Gasteiger partial charge in [-0.15, -0.1) is 0 Å². The first-order valence-corrected chi connectivity index (χ1v) is 9.11. The Labute approximate surface area is 141 Å². The largest absolute Gasteiger partial charge is 0.354 e. The van der Waals surface area contributed by atoms with Crippen molar-refractivity contribution in [3.05, 3.63) is 0 Å². The minimum absolute atomic E-state index is 0.0768. The summed E-state index contributed by atoms with van der Waals surface area (Å²) in [4.78, 5) is 37.5. The second kappa shape index (κ2) is 6.02. The summed E-state index contributed by atoms with van der Waals surface area (Å²) in [6.45, 7) is 1.48. The van der Waals surface area contributed by atoms with Crippen LogP contribution >= 0.6 is 0 Å². The van der Waals surface area contributed by atoms with Crippen molar-refractivity contribution in [2.24, 2.45) is 17.8 Å². The van der Waals surface area contributed by atoms with Crippen molar-refractivity contribution < 1.29 is 14.4 Å². The van der Waals surface area contributed by atoms with Crippen LogP contribution in [0.1, 0.15) is 38.5 Å². The summed E-state index contributed by atoms with van der Waals surface area (Å²) in [5, 5.41) is 8.31. The third-order valence-electron chi connectivity index (χ3n) is 6.15. The second-order valence-electron chi connectivity index (χ2n) is 8.26. The first kappa shape index (κ1) is 15.9. The van der Waals surface area contributed by atoms with E-state index in [9.17, 15) is 14.4 Å². The lowest BCUT2D eigenvalue weighted by molar-refractivity contribution is -0.126. The van der Waals surface area contributed by atoms with Gasteiger partial charge in [-0.25, -0.2) is 4.79 Å². The molecule has 5 fully saturated rings. The van der Waals surface area contributed by atoms with Gasteiger partial charge in [-0.1, -0.05) is 0 Å². The van der Waals surface area contributed by atoms with E-state index in [1.807, 2.05) is 0 Å². The summed E-state index contributed by atoms with van der Waals surface area (Å²) < 4.78 is 0. The van der Waals surface area contributed by atoms with Crippen molar-refractivity contribution in [1.29, 1.82) is 0 Å². The molecule has 0 aromatic heterocycles. The first-order chi connectivity index (χ1) is 11.5. The van der Waals surface area contributed by atoms with Crippen molar-refractivity contribution in [3.63, 3.8) is 0 Å². The molecule has 132 valence electrons. The number of imide groups is 1. The van der Waals surface area contributed by atoms with E-state index in [4.69, 9.17) is 0 Å². The number of carbonyl (C=O) groups is 3. The van der Waals surface area contributed by atoms with Crippen LogP contribution in [-0.4, -0.2) is 54.5 Å². The molecule has 5 rings (SSSR count). The average Bonchev–Trinajstić information content (AvgIpc) is 2.44. The van der Waals surface area contributed by atoms with Gasteiger partial charge in [-0.05, 0) is 56.3 Å². The fraction of sp³-hybridized carbons (Fsp3) is 0.824. The van der Waals surface area contributed by atoms with E-state index < -0.39 is 0 Å². The van der Waals surface area contributed by atoms with Crippen LogP contribution in [-0.2, 0) is 9.59 Å². The predicted molar refractivity (Wildman–Crippen MR) is 87.0 cm³/mol. The van der Waals surface area contributed by atoms with Crippen LogP contribution in [0.4, 0.5) is 4.79 Å². The molecule has 5 aliphatic rings. The summed E-state index contributed by atoms with van der Waals surface area (Å²) in [6.07, 6.45) is 7.14. The lowest BCUT2D eigenvalue weighted by atomic mass is 9.53. The van der Waals surface area contributed by atoms with E-state index in [-0.39, 0.29) is 36.5 Å². The molecule has 1 heterocycles. The highest BCUT2D eigenvalue weighted by Crippen LogP contribution is 2.55. The molecule has 0 aromatic carbocycles. The molecule has 7 heteroatoms. The number of hydrogen-bond donors (Lipinski definition) is 3. The summed E-state index contributed by atoms with van der Waals surface area (Å²) in [6, 6.07) is -0.372. The Balaban J connectivity index is 1.29. The van der Waals surface area contributed by atoms with E-state index in [0.29, 0.717) is 13.1 Å². The van der Waals surface area contributed by atoms with Gasteiger partial charge < -0.3 is 10.6 Å². The Morgan fingerprint density at radius 1 is 1.12 bits per heavy atom. The zero-order valence-corrected chi connectivity index (χ0v) is 14.0. The van der Waals surface area contributed by atoms with Crippen LogP contribution in [0.2, 0.25) is 0 Å². The Kier molecular flexibility index (Phi) is 3.98. The molecule has 1 saturated heterocycles. The predicted octanol–water partition coefficient (Wildman–Crippen LogP) is 0.213. The number of nitrogens with zero attached hydrogens (tertiary/aromatic N) is 1. The first-order valence-electron chi connectivity index (χ1n) is 9.11. The van der Waals surface area contributed by atoms with Crippen LogP contribution in [0.5, 0.6) is 0 Å². The molecule has 0 aromatic rings. The normalized spacial score (nSPS) is 37.8. The summed E-state index contributed by atoms with van der Waals surface area (Å²) in [5.41, 5.74) is -0.0931. The number of amides is 4. The molecule has 1 aliphatic heterocycles. The lowest BCUT2D eigenvalue weighted by Gasteiger charge is -2.56. The average molecular weight is 334 g/mol. The fourth-order valence-corrected chi connectivity index (χ4v) is 5.73. The molecule has 4 bridgehead atoms. The number of piperazine rings is 1. The molecule has 0 atom stereocenters. The second-order valence-corrected chi connectivity index (χ2v) is 8.26. The molecule has 3 N–H and O–H groups in total. The van der Waals surface area contributed by atoms with Gasteiger partial charge in [0.1, 0.15) is 0 Å². The van der Waals surface area contributed by atoms with Crippen molar-refractivity contribution in [3.8, 4) is 0 Å². The van der Waals surface area contributed by atoms with Gasteiger partial charge in [0.15, 0.2) is 0 Å². The highest BCUT2D eigenvalue weighted by Gasteiger charge is 2.51. The molecular weight excluding hydrogens is 308 g/mol. The van der Waals surface area contributed by atoms with Crippen molar-refractivity contribution in [2.45, 2.75) is 44.1 Å². The standard InChI is InChI=1S/C17H26N4O3/c22-14-9-21(2-1-18-14)10-15(23)19-16(24)20-17-6-11-3-12(7-17)5-13(4-11)8-17/h11-13H,1-10H2,(H,18,22)(H2,19,20,23,24). The minimum Gasteiger partial charge on any atom is -0.354 e. The SMILES string of the molecule is O=C1CN(CC(=O)NC(=O)NC23CC4CC(CC(C4)C2)C3)CCN1. The van der Waals surface area contributed by atoms with Crippen LogP contribution in [0.25, 0.3) is 0 Å². The maximum absolute atomic E-state index is 12.3. The summed E-state index contributed by atoms with van der Waals surface area (Å²) in [7, 11) is 0. The number of carbonyl (C=O) groups excluding carboxylic acids is 3. The Morgan fingerprint density at radius 2 is 1.75 bits per heavy atom. The van der Waals surface area contributed by atoms with E-state index >= 15 is 0 Å². The molecule has 0 spiro atoms. The van der Waals surface area contributed by atoms with E-state index in [1.165, 1.54) is 19.3 Å². The molecule has 7 nitrogen and oxygen atoms in total. The molecule has 24 heavy (non-hydrogen) atoms. The zero-order chi connectivity index (χ0) is 16.7. The molecule has 0 unspecified atom stereocenters. The van der Waals surface area contributed by atoms with Gasteiger partial charge in [-0.2, -0.15) is 0 Å². The smallest absolute Gasteiger partial charge is 0.321 e. The highest BCUT2D eigenvalue weighted by atomic mass is 16.2. The molecular formula is C17H26N4O3. The summed E-state index contributed by atoms with van der Waals surface area (Å²) in [5.74, 6) is 1.83. The maximum atomic E-state index is 12.3. The Hall–Kier alpha value is -1.63. The quantitative estimate of drug-likeness (QED) is 0.688. The van der Waals surface area contributed by atoms with E-state index in [2.05, 4.69) is 16.0 Å². The van der Waals surface area contributed by atoms with Crippen molar-refractivity contribution in [1.82, 2.24) is 20.9 Å². The van der Waals surface area contributed by atoms with Gasteiger partial charge in [0.2, 0.25) is 11.8 Å². The number of rotatable bonds is 3. The van der Waals surface area contributed by atoms with E-state index in [1.54, 1.807) is 4.90 Å². The van der Waals surface area contributed by atoms with Gasteiger partial charge in [0, 0.05) is 18.6 Å². The van der Waals surface area contributed by atoms with Crippen LogP contribution < -0.4 is 16.0 Å². The number of urea groups is 1. The number of nitrogens with one attached hydrogen (secondary N) is 3. The van der Waals surface area contributed by atoms with Crippen molar-refractivity contribution >= 4 is 17.8 Å². The summed E-state index contributed by atoms with van der Waals surface area (Å²) >= 11 is 0. The minimum atomic E-state index is -0.372. The fourth-order valence-electron chi connectivity index (χ4n) is 5.73. The van der Waals surface area contributed by atoms with E-state index in [0.717, 1.165) is 37.0 Å². The molecule has 4 aliphatic carbocycles. The zero-order valence-electron chi connectivity index (χ0n) is 14.0. The van der Waals surface area contributed by atoms with Gasteiger partial charge >= 0.3 is 6.03 Å². The van der Waals surface area contributed by atoms with Crippen molar-refractivity contribution in [2.75, 3.05) is 26.2 Å². The highest BCUT2D eigenvalue weighted by molar-refractivity contribution is 5.95. The van der Waals surface area contributed by atoms with Gasteiger partial charge in [0.05, 0.1) is 13.1 Å². The van der Waals surface area contributed by atoms with Crippen LogP contribution in [0, 0.1) is 17.8 Å². The molecule has 4 saturated carbocycles. The maximum Gasteiger partial charge on any atom is 0.321 e. The van der Waals surface area contributed by atoms with Crippen LogP contribution in [0.3, 0.4) is 0 Å². The monoisotopic (exact) mass is 334 g/mol. The molecule has 0 radical (unpaired) electrons. The topological polar surface area (TPSA) is 90.5 Å². The lowest BCUT2D eigenvalue weighted by Crippen LogP contribution is -2.62. The van der Waals surface area contributed by atoms with Crippen LogP contribution in [0.15, 0.2) is 0 Å². The Bertz CT molecular complexity index is 527. The molecule has 4 amide bonds. The Morgan fingerprint density at radius 3 is 2.33 bits per heavy atom. The number of hydrogen-bond acceptors (Lipinski definition) is 4. The third-order valence-corrected chi connectivity index (χ3v) is 6.15.